The number of hydrogen-bond donors (Lipinski definition) is 1. The van der Waals surface area contributed by atoms with E-state index in [0.717, 1.165) is 36.1 Å². The molecule has 0 fully saturated rings. The minimum absolute atomic E-state index is 0.0849. The van der Waals surface area contributed by atoms with Crippen LogP contribution < -0.4 is 10.6 Å². The lowest BCUT2D eigenvalue weighted by Crippen LogP contribution is -2.26. The van der Waals surface area contributed by atoms with Gasteiger partial charge in [0.2, 0.25) is 0 Å². The maximum absolute atomic E-state index is 5.85. The number of hydrogen-bond acceptors (Lipinski definition) is 5. The molecule has 1 aromatic heterocycles. The van der Waals surface area contributed by atoms with Gasteiger partial charge in [-0.05, 0) is 40.9 Å². The van der Waals surface area contributed by atoms with Gasteiger partial charge in [-0.25, -0.2) is 4.98 Å². The van der Waals surface area contributed by atoms with Gasteiger partial charge in [-0.15, -0.1) is 11.3 Å². The maximum atomic E-state index is 5.85. The van der Waals surface area contributed by atoms with Gasteiger partial charge in [0.05, 0.1) is 0 Å². The molecule has 0 saturated carbocycles. The third-order valence-corrected chi connectivity index (χ3v) is 3.90. The molecular formula is C12H24N4S. The van der Waals surface area contributed by atoms with Crippen LogP contribution in [-0.4, -0.2) is 43.6 Å². The topological polar surface area (TPSA) is 45.4 Å². The van der Waals surface area contributed by atoms with Crippen molar-refractivity contribution in [3.8, 4) is 0 Å². The summed E-state index contributed by atoms with van der Waals surface area (Å²) in [6.45, 7) is 7.34. The smallest absolute Gasteiger partial charge is 0.185 e. The first-order valence-corrected chi connectivity index (χ1v) is 6.97. The fourth-order valence-corrected chi connectivity index (χ4v) is 2.56. The first-order valence-electron chi connectivity index (χ1n) is 6.15. The Labute approximate surface area is 108 Å². The molecule has 0 aromatic carbocycles. The number of nitrogens with two attached hydrogens (primary N) is 1. The molecule has 0 radical (unpaired) electrons. The number of aromatic nitrogens is 1. The third kappa shape index (κ3) is 4.61. The molecule has 0 aliphatic heterocycles. The highest BCUT2D eigenvalue weighted by Crippen LogP contribution is 2.25. The van der Waals surface area contributed by atoms with Crippen LogP contribution in [0.3, 0.4) is 0 Å². The Morgan fingerprint density at radius 3 is 2.59 bits per heavy atom. The van der Waals surface area contributed by atoms with Crippen molar-refractivity contribution in [2.45, 2.75) is 26.3 Å². The Balaban J connectivity index is 2.53. The predicted molar refractivity (Wildman–Crippen MR) is 75.8 cm³/mol. The Kier molecular flexibility index (Phi) is 5.88. The molecule has 1 unspecified atom stereocenters. The summed E-state index contributed by atoms with van der Waals surface area (Å²) in [6.07, 6.45) is 3.06. The van der Waals surface area contributed by atoms with Crippen LogP contribution in [0.1, 0.15) is 31.2 Å². The van der Waals surface area contributed by atoms with Crippen LogP contribution in [0.15, 0.2) is 6.20 Å². The summed E-state index contributed by atoms with van der Waals surface area (Å²) in [5.41, 5.74) is 5.85. The minimum atomic E-state index is 0.0849. The van der Waals surface area contributed by atoms with E-state index in [1.165, 1.54) is 0 Å². The Morgan fingerprint density at radius 2 is 2.12 bits per heavy atom. The summed E-state index contributed by atoms with van der Waals surface area (Å²) >= 11 is 1.71. The van der Waals surface area contributed by atoms with Gasteiger partial charge < -0.3 is 15.5 Å². The summed E-state index contributed by atoms with van der Waals surface area (Å²) in [5, 5.41) is 1.10. The van der Waals surface area contributed by atoms with Crippen LogP contribution in [0.25, 0.3) is 0 Å². The van der Waals surface area contributed by atoms with E-state index < -0.39 is 0 Å². The van der Waals surface area contributed by atoms with Gasteiger partial charge in [-0.3, -0.25) is 0 Å². The van der Waals surface area contributed by atoms with Gasteiger partial charge in [0.15, 0.2) is 5.13 Å². The largest absolute Gasteiger partial charge is 0.348 e. The molecule has 0 aliphatic rings. The van der Waals surface area contributed by atoms with Crippen LogP contribution in [0.4, 0.5) is 5.13 Å². The second-order valence-corrected chi connectivity index (χ2v) is 5.61. The predicted octanol–water partition coefficient (Wildman–Crippen LogP) is 1.94. The van der Waals surface area contributed by atoms with E-state index in [1.807, 2.05) is 13.1 Å². The molecule has 0 aliphatic carbocycles. The third-order valence-electron chi connectivity index (χ3n) is 2.65. The van der Waals surface area contributed by atoms with E-state index >= 15 is 0 Å². The molecule has 4 nitrogen and oxygen atoms in total. The number of nitrogens with zero attached hydrogens (tertiary/aromatic N) is 3. The molecule has 98 valence electrons. The van der Waals surface area contributed by atoms with E-state index in [9.17, 15) is 0 Å². The molecular weight excluding hydrogens is 232 g/mol. The van der Waals surface area contributed by atoms with Crippen LogP contribution in [0, 0.1) is 0 Å². The molecule has 2 N–H and O–H groups in total. The normalized spacial score (nSPS) is 13.1. The lowest BCUT2D eigenvalue weighted by Gasteiger charge is -2.20. The number of rotatable bonds is 7. The van der Waals surface area contributed by atoms with Crippen molar-refractivity contribution in [2.24, 2.45) is 5.73 Å². The zero-order chi connectivity index (χ0) is 12.8. The van der Waals surface area contributed by atoms with Crippen molar-refractivity contribution in [3.63, 3.8) is 0 Å². The molecule has 1 rings (SSSR count). The molecule has 1 aromatic rings. The lowest BCUT2D eigenvalue weighted by molar-refractivity contribution is 0.400. The summed E-state index contributed by atoms with van der Waals surface area (Å²) < 4.78 is 0. The molecule has 0 amide bonds. The minimum Gasteiger partial charge on any atom is -0.348 e. The van der Waals surface area contributed by atoms with Crippen molar-refractivity contribution < 1.29 is 0 Å². The standard InChI is InChI=1S/C12H24N4S/c1-5-16(8-6-7-15(3)4)12-14-9-11(17-12)10(2)13/h9-10H,5-8,13H2,1-4H3. The summed E-state index contributed by atoms with van der Waals surface area (Å²) in [5.74, 6) is 0. The zero-order valence-electron chi connectivity index (χ0n) is 11.3. The van der Waals surface area contributed by atoms with Crippen molar-refractivity contribution in [2.75, 3.05) is 38.6 Å². The fourth-order valence-electron chi connectivity index (χ4n) is 1.60. The second kappa shape index (κ2) is 6.93. The molecule has 0 saturated heterocycles. The Hall–Kier alpha value is -0.650. The highest BCUT2D eigenvalue weighted by molar-refractivity contribution is 7.15. The summed E-state index contributed by atoms with van der Waals surface area (Å²) in [7, 11) is 4.21. The first-order chi connectivity index (χ1) is 8.04. The van der Waals surface area contributed by atoms with Gasteiger partial charge in [-0.2, -0.15) is 0 Å². The molecule has 17 heavy (non-hydrogen) atoms. The highest BCUT2D eigenvalue weighted by atomic mass is 32.1. The van der Waals surface area contributed by atoms with Crippen LogP contribution >= 0.6 is 11.3 Å². The summed E-state index contributed by atoms with van der Waals surface area (Å²) in [6, 6.07) is 0.0849. The maximum Gasteiger partial charge on any atom is 0.185 e. The highest BCUT2D eigenvalue weighted by Gasteiger charge is 2.11. The van der Waals surface area contributed by atoms with Gasteiger partial charge >= 0.3 is 0 Å². The average Bonchev–Trinajstić information content (AvgIpc) is 2.73. The van der Waals surface area contributed by atoms with Gasteiger partial charge in [0.1, 0.15) is 0 Å². The fraction of sp³-hybridized carbons (Fsp3) is 0.750. The molecule has 5 heteroatoms. The average molecular weight is 256 g/mol. The molecule has 0 bridgehead atoms. The molecule has 0 spiro atoms. The van der Waals surface area contributed by atoms with Crippen LogP contribution in [-0.2, 0) is 0 Å². The van der Waals surface area contributed by atoms with Crippen molar-refractivity contribution in [1.82, 2.24) is 9.88 Å². The van der Waals surface area contributed by atoms with E-state index in [0.29, 0.717) is 0 Å². The monoisotopic (exact) mass is 256 g/mol. The Morgan fingerprint density at radius 1 is 1.41 bits per heavy atom. The zero-order valence-corrected chi connectivity index (χ0v) is 12.1. The Bertz CT molecular complexity index is 322. The second-order valence-electron chi connectivity index (χ2n) is 4.57. The van der Waals surface area contributed by atoms with E-state index in [1.54, 1.807) is 11.3 Å². The van der Waals surface area contributed by atoms with E-state index in [-0.39, 0.29) is 6.04 Å². The van der Waals surface area contributed by atoms with Crippen molar-refractivity contribution >= 4 is 16.5 Å². The quantitative estimate of drug-likeness (QED) is 0.810. The van der Waals surface area contributed by atoms with E-state index in [2.05, 4.69) is 35.8 Å². The van der Waals surface area contributed by atoms with Crippen LogP contribution in [0.5, 0.6) is 0 Å². The van der Waals surface area contributed by atoms with Gasteiger partial charge in [0, 0.05) is 30.2 Å². The van der Waals surface area contributed by atoms with Gasteiger partial charge in [0.25, 0.3) is 0 Å². The number of anilines is 1. The SMILES string of the molecule is CCN(CCCN(C)C)c1ncc(C(C)N)s1. The van der Waals surface area contributed by atoms with Crippen molar-refractivity contribution in [1.29, 1.82) is 0 Å². The van der Waals surface area contributed by atoms with Crippen molar-refractivity contribution in [3.05, 3.63) is 11.1 Å². The molecule has 1 atom stereocenters. The summed E-state index contributed by atoms with van der Waals surface area (Å²) in [4.78, 5) is 10.1. The van der Waals surface area contributed by atoms with Gasteiger partial charge in [-0.1, -0.05) is 0 Å². The lowest BCUT2D eigenvalue weighted by atomic mass is 10.3. The first kappa shape index (κ1) is 14.4. The molecule has 1 heterocycles. The number of thiazole rings is 1. The van der Waals surface area contributed by atoms with E-state index in [4.69, 9.17) is 5.73 Å². The van der Waals surface area contributed by atoms with Crippen LogP contribution in [0.2, 0.25) is 0 Å².